The molecule has 0 radical (unpaired) electrons. The van der Waals surface area contributed by atoms with E-state index in [1.54, 1.807) is 18.3 Å². The molecule has 2 rings (SSSR count). The van der Waals surface area contributed by atoms with Crippen LogP contribution in [0.25, 0.3) is 0 Å². The maximum absolute atomic E-state index is 13.2. The van der Waals surface area contributed by atoms with Crippen molar-refractivity contribution >= 4 is 5.82 Å². The van der Waals surface area contributed by atoms with Crippen LogP contribution >= 0.6 is 0 Å². The molecule has 0 saturated carbocycles. The van der Waals surface area contributed by atoms with Crippen LogP contribution in [0.3, 0.4) is 0 Å². The topological polar surface area (TPSA) is 38.9 Å². The number of aromatic nitrogens is 1. The fourth-order valence-corrected chi connectivity index (χ4v) is 1.86. The largest absolute Gasteiger partial charge is 0.383 e. The van der Waals surface area contributed by atoms with Gasteiger partial charge in [-0.25, -0.2) is 9.37 Å². The first-order chi connectivity index (χ1) is 8.08. The van der Waals surface area contributed by atoms with Crippen LogP contribution in [0.2, 0.25) is 0 Å². The summed E-state index contributed by atoms with van der Waals surface area (Å²) in [6.07, 6.45) is 2.31. The zero-order chi connectivity index (χ0) is 12.4. The Hall–Kier alpha value is -1.90. The van der Waals surface area contributed by atoms with Gasteiger partial charge in [-0.05, 0) is 48.7 Å². The Morgan fingerprint density at radius 2 is 1.94 bits per heavy atom. The summed E-state index contributed by atoms with van der Waals surface area (Å²) >= 11 is 0. The lowest BCUT2D eigenvalue weighted by atomic mass is 9.98. The van der Waals surface area contributed by atoms with Gasteiger partial charge >= 0.3 is 0 Å². The van der Waals surface area contributed by atoms with Gasteiger partial charge in [-0.15, -0.1) is 0 Å². The van der Waals surface area contributed by atoms with Crippen molar-refractivity contribution in [2.75, 3.05) is 5.73 Å². The van der Waals surface area contributed by atoms with Crippen molar-refractivity contribution in [3.05, 3.63) is 58.5 Å². The molecule has 0 aliphatic heterocycles. The van der Waals surface area contributed by atoms with Crippen LogP contribution in [-0.4, -0.2) is 4.98 Å². The number of halogens is 1. The fourth-order valence-electron chi connectivity index (χ4n) is 1.86. The van der Waals surface area contributed by atoms with E-state index in [1.807, 2.05) is 19.9 Å². The molecule has 2 N–H and O–H groups in total. The molecular weight excluding hydrogens is 215 g/mol. The lowest BCUT2D eigenvalue weighted by Gasteiger charge is -2.10. The van der Waals surface area contributed by atoms with Gasteiger partial charge in [-0.3, -0.25) is 0 Å². The van der Waals surface area contributed by atoms with Crippen LogP contribution in [0.1, 0.15) is 22.3 Å². The minimum Gasteiger partial charge on any atom is -0.383 e. The van der Waals surface area contributed by atoms with E-state index in [-0.39, 0.29) is 5.82 Å². The normalized spacial score (nSPS) is 10.5. The molecule has 0 aliphatic rings. The number of aryl methyl sites for hydroxylation is 2. The number of anilines is 1. The first-order valence-electron chi connectivity index (χ1n) is 5.53. The van der Waals surface area contributed by atoms with Crippen LogP contribution in [0.4, 0.5) is 10.2 Å². The summed E-state index contributed by atoms with van der Waals surface area (Å²) in [5, 5.41) is 0. The summed E-state index contributed by atoms with van der Waals surface area (Å²) in [4.78, 5) is 4.07. The Kier molecular flexibility index (Phi) is 3.09. The van der Waals surface area contributed by atoms with Crippen molar-refractivity contribution < 1.29 is 4.39 Å². The highest BCUT2D eigenvalue weighted by molar-refractivity contribution is 5.47. The highest BCUT2D eigenvalue weighted by Gasteiger charge is 2.08. The molecule has 2 aromatic rings. The maximum Gasteiger partial charge on any atom is 0.127 e. The molecule has 0 amide bonds. The summed E-state index contributed by atoms with van der Waals surface area (Å²) in [7, 11) is 0. The summed E-state index contributed by atoms with van der Waals surface area (Å²) in [6, 6.07) is 6.73. The second-order valence-corrected chi connectivity index (χ2v) is 4.24. The van der Waals surface area contributed by atoms with E-state index in [4.69, 9.17) is 5.73 Å². The Bertz CT molecular complexity index is 530. The molecule has 0 aliphatic carbocycles. The molecule has 0 bridgehead atoms. The minimum atomic E-state index is -0.217. The highest BCUT2D eigenvalue weighted by atomic mass is 19.1. The summed E-state index contributed by atoms with van der Waals surface area (Å²) in [6.45, 7) is 3.96. The number of nitrogens with zero attached hydrogens (tertiary/aromatic N) is 1. The average molecular weight is 230 g/mol. The number of rotatable bonds is 2. The zero-order valence-electron chi connectivity index (χ0n) is 10.00. The first-order valence-corrected chi connectivity index (χ1v) is 5.53. The third kappa shape index (κ3) is 2.44. The van der Waals surface area contributed by atoms with Crippen LogP contribution in [-0.2, 0) is 6.42 Å². The SMILES string of the molecule is Cc1ccc(F)cc1Cc1c(C)ccnc1N. The average Bonchev–Trinajstić information content (AvgIpc) is 2.28. The number of nitrogens with two attached hydrogens (primary N) is 1. The van der Waals surface area contributed by atoms with Gasteiger partial charge in [-0.1, -0.05) is 6.07 Å². The minimum absolute atomic E-state index is 0.217. The van der Waals surface area contributed by atoms with E-state index < -0.39 is 0 Å². The Morgan fingerprint density at radius 3 is 2.65 bits per heavy atom. The second kappa shape index (κ2) is 4.53. The summed E-state index contributed by atoms with van der Waals surface area (Å²) < 4.78 is 13.2. The highest BCUT2D eigenvalue weighted by Crippen LogP contribution is 2.21. The van der Waals surface area contributed by atoms with Crippen molar-refractivity contribution in [3.63, 3.8) is 0 Å². The van der Waals surface area contributed by atoms with Crippen LogP contribution in [0.15, 0.2) is 30.5 Å². The Labute approximate surface area is 100 Å². The number of hydrogen-bond acceptors (Lipinski definition) is 2. The van der Waals surface area contributed by atoms with Gasteiger partial charge in [0.2, 0.25) is 0 Å². The number of pyridine rings is 1. The molecule has 1 heterocycles. The van der Waals surface area contributed by atoms with E-state index in [9.17, 15) is 4.39 Å². The molecule has 88 valence electrons. The van der Waals surface area contributed by atoms with E-state index in [2.05, 4.69) is 4.98 Å². The van der Waals surface area contributed by atoms with Gasteiger partial charge in [0.05, 0.1) is 0 Å². The molecular formula is C14H15FN2. The van der Waals surface area contributed by atoms with Crippen molar-refractivity contribution in [1.29, 1.82) is 0 Å². The molecule has 0 saturated heterocycles. The number of nitrogen functional groups attached to an aromatic ring is 1. The van der Waals surface area contributed by atoms with Crippen LogP contribution < -0.4 is 5.73 Å². The maximum atomic E-state index is 13.2. The lowest BCUT2D eigenvalue weighted by Crippen LogP contribution is -2.02. The molecule has 17 heavy (non-hydrogen) atoms. The summed E-state index contributed by atoms with van der Waals surface area (Å²) in [5.74, 6) is 0.305. The van der Waals surface area contributed by atoms with Gasteiger partial charge in [0.15, 0.2) is 0 Å². The Morgan fingerprint density at radius 1 is 1.18 bits per heavy atom. The van der Waals surface area contributed by atoms with E-state index >= 15 is 0 Å². The van der Waals surface area contributed by atoms with E-state index in [1.165, 1.54) is 6.07 Å². The van der Waals surface area contributed by atoms with Crippen LogP contribution in [0, 0.1) is 19.7 Å². The van der Waals surface area contributed by atoms with E-state index in [0.29, 0.717) is 12.2 Å². The van der Waals surface area contributed by atoms with Crippen molar-refractivity contribution in [3.8, 4) is 0 Å². The smallest absolute Gasteiger partial charge is 0.127 e. The summed E-state index contributed by atoms with van der Waals surface area (Å²) in [5.41, 5.74) is 9.93. The van der Waals surface area contributed by atoms with Gasteiger partial charge in [0.25, 0.3) is 0 Å². The van der Waals surface area contributed by atoms with Crippen LogP contribution in [0.5, 0.6) is 0 Å². The second-order valence-electron chi connectivity index (χ2n) is 4.24. The molecule has 2 nitrogen and oxygen atoms in total. The molecule has 0 unspecified atom stereocenters. The molecule has 1 aromatic heterocycles. The number of benzene rings is 1. The third-order valence-corrected chi connectivity index (χ3v) is 3.00. The van der Waals surface area contributed by atoms with Gasteiger partial charge in [0, 0.05) is 18.2 Å². The predicted molar refractivity (Wildman–Crippen MR) is 67.3 cm³/mol. The van der Waals surface area contributed by atoms with Crippen molar-refractivity contribution in [1.82, 2.24) is 4.98 Å². The fraction of sp³-hybridized carbons (Fsp3) is 0.214. The zero-order valence-corrected chi connectivity index (χ0v) is 10.00. The standard InChI is InChI=1S/C14H15FN2/c1-9-3-4-12(15)7-11(9)8-13-10(2)5-6-17-14(13)16/h3-7H,8H2,1-2H3,(H2,16,17). The van der Waals surface area contributed by atoms with E-state index in [0.717, 1.165) is 22.3 Å². The predicted octanol–water partition coefficient (Wildman–Crippen LogP) is 3.01. The Balaban J connectivity index is 2.41. The molecule has 0 fully saturated rings. The van der Waals surface area contributed by atoms with Crippen molar-refractivity contribution in [2.45, 2.75) is 20.3 Å². The van der Waals surface area contributed by atoms with Crippen molar-refractivity contribution in [2.24, 2.45) is 0 Å². The molecule has 0 spiro atoms. The molecule has 0 atom stereocenters. The molecule has 3 heteroatoms. The number of hydrogen-bond donors (Lipinski definition) is 1. The quantitative estimate of drug-likeness (QED) is 0.861. The van der Waals surface area contributed by atoms with Gasteiger partial charge < -0.3 is 5.73 Å². The third-order valence-electron chi connectivity index (χ3n) is 3.00. The first kappa shape index (κ1) is 11.6. The molecule has 1 aromatic carbocycles. The van der Waals surface area contributed by atoms with Gasteiger partial charge in [0.1, 0.15) is 11.6 Å². The monoisotopic (exact) mass is 230 g/mol. The van der Waals surface area contributed by atoms with Gasteiger partial charge in [-0.2, -0.15) is 0 Å². The lowest BCUT2D eigenvalue weighted by molar-refractivity contribution is 0.625.